The summed E-state index contributed by atoms with van der Waals surface area (Å²) in [6.07, 6.45) is 5.25. The molecule has 0 radical (unpaired) electrons. The highest BCUT2D eigenvalue weighted by atomic mass is 79.9. The van der Waals surface area contributed by atoms with E-state index in [1.54, 1.807) is 0 Å². The molecule has 1 saturated carbocycles. The molecule has 0 saturated heterocycles. The number of rotatable bonds is 3. The largest absolute Gasteiger partial charge is 0.355 e. The molecule has 0 heterocycles. The van der Waals surface area contributed by atoms with Crippen LogP contribution in [0.2, 0.25) is 0 Å². The van der Waals surface area contributed by atoms with Gasteiger partial charge < -0.3 is 5.32 Å². The topological polar surface area (TPSA) is 29.1 Å². The molecule has 0 aromatic heterocycles. The van der Waals surface area contributed by atoms with E-state index in [0.717, 1.165) is 12.5 Å². The van der Waals surface area contributed by atoms with E-state index in [0.29, 0.717) is 0 Å². The highest BCUT2D eigenvalue weighted by Gasteiger charge is 2.16. The number of alkyl halides is 1. The van der Waals surface area contributed by atoms with Crippen molar-refractivity contribution >= 4 is 21.8 Å². The predicted octanol–water partition coefficient (Wildman–Crippen LogP) is 2.08. The van der Waals surface area contributed by atoms with Gasteiger partial charge in [0.15, 0.2) is 0 Å². The zero-order valence-electron chi connectivity index (χ0n) is 7.48. The zero-order chi connectivity index (χ0) is 8.97. The summed E-state index contributed by atoms with van der Waals surface area (Å²) in [4.78, 5) is 11.1. The van der Waals surface area contributed by atoms with E-state index < -0.39 is 0 Å². The molecule has 0 aromatic rings. The van der Waals surface area contributed by atoms with E-state index in [1.165, 1.54) is 25.7 Å². The van der Waals surface area contributed by atoms with Gasteiger partial charge in [-0.25, -0.2) is 0 Å². The summed E-state index contributed by atoms with van der Waals surface area (Å²) in [5.41, 5.74) is 0. The van der Waals surface area contributed by atoms with Gasteiger partial charge in [-0.15, -0.1) is 0 Å². The molecule has 0 aromatic carbocycles. The van der Waals surface area contributed by atoms with Crippen LogP contribution < -0.4 is 5.32 Å². The molecule has 0 unspecified atom stereocenters. The third-order valence-electron chi connectivity index (χ3n) is 2.40. The summed E-state index contributed by atoms with van der Waals surface area (Å²) in [7, 11) is 0. The van der Waals surface area contributed by atoms with E-state index in [4.69, 9.17) is 0 Å². The Morgan fingerprint density at radius 1 is 1.58 bits per heavy atom. The lowest BCUT2D eigenvalue weighted by atomic mass is 10.1. The predicted molar refractivity (Wildman–Crippen MR) is 53.4 cm³/mol. The quantitative estimate of drug-likeness (QED) is 0.744. The van der Waals surface area contributed by atoms with Crippen LogP contribution >= 0.6 is 15.9 Å². The first-order chi connectivity index (χ1) is 5.70. The molecule has 1 amide bonds. The van der Waals surface area contributed by atoms with Crippen molar-refractivity contribution in [2.45, 2.75) is 37.4 Å². The lowest BCUT2D eigenvalue weighted by Gasteiger charge is -2.11. The summed E-state index contributed by atoms with van der Waals surface area (Å²) in [6.45, 7) is 2.72. The van der Waals surface area contributed by atoms with Crippen LogP contribution in [-0.4, -0.2) is 17.3 Å². The smallest absolute Gasteiger partial charge is 0.233 e. The van der Waals surface area contributed by atoms with Gasteiger partial charge in [-0.3, -0.25) is 4.79 Å². The fourth-order valence-electron chi connectivity index (χ4n) is 1.60. The standard InChI is InChI=1S/C9H16BrNO/c1-7(10)9(12)11-6-8-4-2-3-5-8/h7-8H,2-6H2,1H3,(H,11,12)/t7-/m1/s1. The Morgan fingerprint density at radius 3 is 2.67 bits per heavy atom. The fourth-order valence-corrected chi connectivity index (χ4v) is 1.76. The minimum Gasteiger partial charge on any atom is -0.355 e. The molecule has 0 aliphatic heterocycles. The number of hydrogen-bond donors (Lipinski definition) is 1. The Kier molecular flexibility index (Phi) is 4.06. The Bertz CT molecular complexity index is 153. The molecule has 1 atom stereocenters. The molecule has 2 nitrogen and oxygen atoms in total. The highest BCUT2D eigenvalue weighted by Crippen LogP contribution is 2.23. The summed E-state index contributed by atoms with van der Waals surface area (Å²) in [5.74, 6) is 0.849. The fraction of sp³-hybridized carbons (Fsp3) is 0.889. The number of halogens is 1. The lowest BCUT2D eigenvalue weighted by molar-refractivity contribution is -0.120. The first-order valence-electron chi connectivity index (χ1n) is 4.62. The van der Waals surface area contributed by atoms with Crippen molar-refractivity contribution < 1.29 is 4.79 Å². The Balaban J connectivity index is 2.12. The average molecular weight is 234 g/mol. The molecule has 0 spiro atoms. The van der Waals surface area contributed by atoms with Crippen molar-refractivity contribution in [1.82, 2.24) is 5.32 Å². The number of carbonyl (C=O) groups is 1. The molecular formula is C9H16BrNO. The Hall–Kier alpha value is -0.0500. The van der Waals surface area contributed by atoms with E-state index in [-0.39, 0.29) is 10.7 Å². The van der Waals surface area contributed by atoms with E-state index in [2.05, 4.69) is 21.2 Å². The Morgan fingerprint density at radius 2 is 2.17 bits per heavy atom. The van der Waals surface area contributed by atoms with Crippen LogP contribution in [0.3, 0.4) is 0 Å². The first kappa shape index (κ1) is 10.0. The van der Waals surface area contributed by atoms with Gasteiger partial charge in [0.1, 0.15) is 0 Å². The maximum absolute atomic E-state index is 11.1. The SMILES string of the molecule is C[C@@H](Br)C(=O)NCC1CCCC1. The van der Waals surface area contributed by atoms with Gasteiger partial charge in [0, 0.05) is 6.54 Å². The number of amides is 1. The molecule has 1 fully saturated rings. The van der Waals surface area contributed by atoms with Crippen molar-refractivity contribution in [3.63, 3.8) is 0 Å². The Labute approximate surface area is 82.2 Å². The van der Waals surface area contributed by atoms with Crippen LogP contribution in [0.15, 0.2) is 0 Å². The van der Waals surface area contributed by atoms with Gasteiger partial charge in [0.2, 0.25) is 5.91 Å². The van der Waals surface area contributed by atoms with Gasteiger partial charge in [-0.1, -0.05) is 28.8 Å². The lowest BCUT2D eigenvalue weighted by Crippen LogP contribution is -2.32. The van der Waals surface area contributed by atoms with E-state index in [1.807, 2.05) is 6.92 Å². The minimum absolute atomic E-state index is 0.0566. The molecular weight excluding hydrogens is 218 g/mol. The van der Waals surface area contributed by atoms with Crippen LogP contribution in [-0.2, 0) is 4.79 Å². The molecule has 12 heavy (non-hydrogen) atoms. The number of hydrogen-bond acceptors (Lipinski definition) is 1. The third kappa shape index (κ3) is 3.13. The summed E-state index contributed by atoms with van der Waals surface area (Å²) >= 11 is 3.24. The van der Waals surface area contributed by atoms with Gasteiger partial charge in [0.25, 0.3) is 0 Å². The maximum Gasteiger partial charge on any atom is 0.233 e. The van der Waals surface area contributed by atoms with E-state index in [9.17, 15) is 4.79 Å². The second-order valence-electron chi connectivity index (χ2n) is 3.51. The molecule has 1 rings (SSSR count). The van der Waals surface area contributed by atoms with Crippen molar-refractivity contribution in [2.75, 3.05) is 6.54 Å². The highest BCUT2D eigenvalue weighted by molar-refractivity contribution is 9.10. The van der Waals surface area contributed by atoms with Crippen LogP contribution in [0.4, 0.5) is 0 Å². The number of carbonyl (C=O) groups excluding carboxylic acids is 1. The zero-order valence-corrected chi connectivity index (χ0v) is 9.06. The minimum atomic E-state index is -0.0566. The summed E-state index contributed by atoms with van der Waals surface area (Å²) < 4.78 is 0. The average Bonchev–Trinajstić information content (AvgIpc) is 2.51. The van der Waals surface area contributed by atoms with Gasteiger partial charge in [0.05, 0.1) is 4.83 Å². The van der Waals surface area contributed by atoms with Gasteiger partial charge in [-0.2, -0.15) is 0 Å². The molecule has 70 valence electrons. The van der Waals surface area contributed by atoms with Crippen molar-refractivity contribution in [2.24, 2.45) is 5.92 Å². The van der Waals surface area contributed by atoms with Crippen molar-refractivity contribution in [3.8, 4) is 0 Å². The van der Waals surface area contributed by atoms with Gasteiger partial charge in [-0.05, 0) is 25.7 Å². The van der Waals surface area contributed by atoms with Crippen molar-refractivity contribution in [3.05, 3.63) is 0 Å². The second-order valence-corrected chi connectivity index (χ2v) is 4.89. The molecule has 1 aliphatic carbocycles. The molecule has 3 heteroatoms. The first-order valence-corrected chi connectivity index (χ1v) is 5.53. The van der Waals surface area contributed by atoms with Crippen molar-refractivity contribution in [1.29, 1.82) is 0 Å². The second kappa shape index (κ2) is 4.85. The third-order valence-corrected chi connectivity index (χ3v) is 2.82. The maximum atomic E-state index is 11.1. The van der Waals surface area contributed by atoms with E-state index >= 15 is 0 Å². The van der Waals surface area contributed by atoms with Crippen LogP contribution in [0.5, 0.6) is 0 Å². The molecule has 1 N–H and O–H groups in total. The number of nitrogens with one attached hydrogen (secondary N) is 1. The summed E-state index contributed by atoms with van der Waals surface area (Å²) in [6, 6.07) is 0. The monoisotopic (exact) mass is 233 g/mol. The van der Waals surface area contributed by atoms with Crippen LogP contribution in [0.1, 0.15) is 32.6 Å². The van der Waals surface area contributed by atoms with Crippen LogP contribution in [0.25, 0.3) is 0 Å². The van der Waals surface area contributed by atoms with Crippen LogP contribution in [0, 0.1) is 5.92 Å². The van der Waals surface area contributed by atoms with Gasteiger partial charge >= 0.3 is 0 Å². The normalized spacial score (nSPS) is 20.8. The molecule has 0 bridgehead atoms. The molecule has 1 aliphatic rings. The summed E-state index contributed by atoms with van der Waals surface area (Å²) in [5, 5.41) is 2.94.